The molecule has 0 saturated heterocycles. The fraction of sp³-hybridized carbons (Fsp3) is 0.143. The number of aliphatic hydroxyl groups is 1. The minimum atomic E-state index is -3.96. The molecule has 0 radical (unpaired) electrons. The van der Waals surface area contributed by atoms with Gasteiger partial charge in [0.2, 0.25) is 0 Å². The van der Waals surface area contributed by atoms with Crippen LogP contribution in [0.25, 0.3) is 0 Å². The lowest BCUT2D eigenvalue weighted by atomic mass is 10.2. The van der Waals surface area contributed by atoms with Crippen molar-refractivity contribution in [3.8, 4) is 0 Å². The fourth-order valence-electron chi connectivity index (χ4n) is 1.76. The van der Waals surface area contributed by atoms with Gasteiger partial charge in [-0.3, -0.25) is 4.72 Å². The van der Waals surface area contributed by atoms with Crippen LogP contribution in [-0.2, 0) is 16.6 Å². The summed E-state index contributed by atoms with van der Waals surface area (Å²) in [5.41, 5.74) is 0.876. The van der Waals surface area contributed by atoms with E-state index in [2.05, 4.69) is 4.72 Å². The van der Waals surface area contributed by atoms with Gasteiger partial charge in [-0.1, -0.05) is 17.7 Å². The summed E-state index contributed by atoms with van der Waals surface area (Å²) in [4.78, 5) is -0.100. The Bertz CT molecular complexity index is 778. The highest BCUT2D eigenvalue weighted by Crippen LogP contribution is 2.24. The van der Waals surface area contributed by atoms with Crippen molar-refractivity contribution < 1.29 is 17.9 Å². The molecule has 4 nitrogen and oxygen atoms in total. The number of halogens is 2. The molecule has 0 aromatic heterocycles. The van der Waals surface area contributed by atoms with Gasteiger partial charge in [0.15, 0.2) is 0 Å². The first kappa shape index (κ1) is 15.8. The normalized spacial score (nSPS) is 11.4. The van der Waals surface area contributed by atoms with Gasteiger partial charge in [-0.05, 0) is 48.4 Å². The summed E-state index contributed by atoms with van der Waals surface area (Å²) in [6.45, 7) is 1.34. The number of hydrogen-bond acceptors (Lipinski definition) is 3. The maximum Gasteiger partial charge on any atom is 0.261 e. The number of aliphatic hydroxyl groups excluding tert-OH is 1. The van der Waals surface area contributed by atoms with Crippen LogP contribution in [0, 0.1) is 12.7 Å². The topological polar surface area (TPSA) is 66.4 Å². The standard InChI is InChI=1S/C14H13ClFNO3S/c1-9-2-5-13(16)14(6-9)17-21(19,20)11-3-4-12(15)10(7-11)8-18/h2-7,17-18H,8H2,1H3. The Balaban J connectivity index is 2.41. The zero-order valence-electron chi connectivity index (χ0n) is 11.1. The van der Waals surface area contributed by atoms with Crippen molar-refractivity contribution in [3.63, 3.8) is 0 Å². The molecule has 0 atom stereocenters. The number of rotatable bonds is 4. The van der Waals surface area contributed by atoms with E-state index in [9.17, 15) is 12.8 Å². The summed E-state index contributed by atoms with van der Waals surface area (Å²) >= 11 is 5.82. The second-order valence-corrected chi connectivity index (χ2v) is 6.59. The Kier molecular flexibility index (Phi) is 4.51. The quantitative estimate of drug-likeness (QED) is 0.906. The molecule has 0 unspecified atom stereocenters. The Labute approximate surface area is 127 Å². The molecule has 0 aliphatic carbocycles. The lowest BCUT2D eigenvalue weighted by Gasteiger charge is -2.11. The summed E-state index contributed by atoms with van der Waals surface area (Å²) in [5.74, 6) is -0.666. The Morgan fingerprint density at radius 3 is 2.62 bits per heavy atom. The second-order valence-electron chi connectivity index (χ2n) is 4.50. The minimum Gasteiger partial charge on any atom is -0.392 e. The van der Waals surface area contributed by atoms with Crippen LogP contribution in [0.2, 0.25) is 5.02 Å². The van der Waals surface area contributed by atoms with Crippen LogP contribution >= 0.6 is 11.6 Å². The van der Waals surface area contributed by atoms with E-state index >= 15 is 0 Å². The average Bonchev–Trinajstić information content (AvgIpc) is 2.43. The predicted molar refractivity (Wildman–Crippen MR) is 79.3 cm³/mol. The van der Waals surface area contributed by atoms with E-state index < -0.39 is 15.8 Å². The van der Waals surface area contributed by atoms with Crippen LogP contribution in [-0.4, -0.2) is 13.5 Å². The predicted octanol–water partition coefficient (Wildman–Crippen LogP) is 3.08. The molecule has 7 heteroatoms. The molecule has 0 amide bonds. The monoisotopic (exact) mass is 329 g/mol. The van der Waals surface area contributed by atoms with E-state index in [4.69, 9.17) is 16.7 Å². The summed E-state index contributed by atoms with van der Waals surface area (Å²) < 4.78 is 40.3. The molecule has 0 bridgehead atoms. The lowest BCUT2D eigenvalue weighted by Crippen LogP contribution is -2.14. The molecule has 21 heavy (non-hydrogen) atoms. The zero-order valence-corrected chi connectivity index (χ0v) is 12.7. The average molecular weight is 330 g/mol. The molecule has 2 aromatic rings. The second kappa shape index (κ2) is 6.01. The molecule has 2 rings (SSSR count). The van der Waals surface area contributed by atoms with E-state index in [1.807, 2.05) is 0 Å². The smallest absolute Gasteiger partial charge is 0.261 e. The summed E-state index contributed by atoms with van der Waals surface area (Å²) in [6, 6.07) is 8.04. The molecule has 0 aliphatic rings. The molecule has 0 aliphatic heterocycles. The summed E-state index contributed by atoms with van der Waals surface area (Å²) in [7, 11) is -3.96. The molecule has 0 heterocycles. The van der Waals surface area contributed by atoms with Crippen LogP contribution in [0.4, 0.5) is 10.1 Å². The molecule has 112 valence electrons. The number of anilines is 1. The Morgan fingerprint density at radius 2 is 1.95 bits per heavy atom. The molecular weight excluding hydrogens is 317 g/mol. The molecule has 0 saturated carbocycles. The fourth-order valence-corrected chi connectivity index (χ4v) is 3.05. The highest BCUT2D eigenvalue weighted by atomic mass is 35.5. The first-order valence-electron chi connectivity index (χ1n) is 6.02. The molecule has 2 aromatic carbocycles. The minimum absolute atomic E-state index is 0.100. The van der Waals surface area contributed by atoms with E-state index in [1.165, 1.54) is 30.3 Å². The van der Waals surface area contributed by atoms with Crippen molar-refractivity contribution in [2.75, 3.05) is 4.72 Å². The van der Waals surface area contributed by atoms with Crippen LogP contribution in [0.15, 0.2) is 41.3 Å². The number of nitrogens with one attached hydrogen (secondary N) is 1. The number of aryl methyl sites for hydroxylation is 1. The number of hydrogen-bond donors (Lipinski definition) is 2. The number of sulfonamides is 1. The molecule has 2 N–H and O–H groups in total. The van der Waals surface area contributed by atoms with Crippen molar-refractivity contribution in [2.24, 2.45) is 0 Å². The maximum absolute atomic E-state index is 13.6. The largest absolute Gasteiger partial charge is 0.392 e. The molecule has 0 spiro atoms. The van der Waals surface area contributed by atoms with Crippen LogP contribution in [0.5, 0.6) is 0 Å². The van der Waals surface area contributed by atoms with Gasteiger partial charge in [-0.2, -0.15) is 0 Å². The molecule has 0 fully saturated rings. The SMILES string of the molecule is Cc1ccc(F)c(NS(=O)(=O)c2ccc(Cl)c(CO)c2)c1. The van der Waals surface area contributed by atoms with Crippen molar-refractivity contribution in [1.82, 2.24) is 0 Å². The van der Waals surface area contributed by atoms with Gasteiger partial charge in [-0.15, -0.1) is 0 Å². The van der Waals surface area contributed by atoms with Crippen LogP contribution in [0.3, 0.4) is 0 Å². The van der Waals surface area contributed by atoms with Gasteiger partial charge in [0.05, 0.1) is 17.2 Å². The third-order valence-electron chi connectivity index (χ3n) is 2.86. The highest BCUT2D eigenvalue weighted by Gasteiger charge is 2.17. The third-order valence-corrected chi connectivity index (χ3v) is 4.60. The summed E-state index contributed by atoms with van der Waals surface area (Å²) in [6.07, 6.45) is 0. The van der Waals surface area contributed by atoms with Gasteiger partial charge in [0.25, 0.3) is 10.0 Å². The first-order valence-corrected chi connectivity index (χ1v) is 7.88. The van der Waals surface area contributed by atoms with Gasteiger partial charge < -0.3 is 5.11 Å². The van der Waals surface area contributed by atoms with Gasteiger partial charge in [0, 0.05) is 5.02 Å². The van der Waals surface area contributed by atoms with Crippen LogP contribution < -0.4 is 4.72 Å². The number of benzene rings is 2. The van der Waals surface area contributed by atoms with E-state index in [1.54, 1.807) is 13.0 Å². The molecular formula is C14H13ClFNO3S. The third kappa shape index (κ3) is 3.53. The zero-order chi connectivity index (χ0) is 15.6. The van der Waals surface area contributed by atoms with Crippen molar-refractivity contribution >= 4 is 27.3 Å². The van der Waals surface area contributed by atoms with E-state index in [0.717, 1.165) is 5.56 Å². The van der Waals surface area contributed by atoms with Gasteiger partial charge in [-0.25, -0.2) is 12.8 Å². The lowest BCUT2D eigenvalue weighted by molar-refractivity contribution is 0.281. The first-order chi connectivity index (χ1) is 9.83. The van der Waals surface area contributed by atoms with Gasteiger partial charge >= 0.3 is 0 Å². The van der Waals surface area contributed by atoms with E-state index in [-0.39, 0.29) is 27.8 Å². The summed E-state index contributed by atoms with van der Waals surface area (Å²) in [5, 5.41) is 9.38. The van der Waals surface area contributed by atoms with Crippen molar-refractivity contribution in [3.05, 3.63) is 58.4 Å². The van der Waals surface area contributed by atoms with E-state index in [0.29, 0.717) is 0 Å². The van der Waals surface area contributed by atoms with Crippen LogP contribution in [0.1, 0.15) is 11.1 Å². The van der Waals surface area contributed by atoms with Crippen molar-refractivity contribution in [2.45, 2.75) is 18.4 Å². The maximum atomic E-state index is 13.6. The Hall–Kier alpha value is -1.63. The highest BCUT2D eigenvalue weighted by molar-refractivity contribution is 7.92. The van der Waals surface area contributed by atoms with Crippen molar-refractivity contribution in [1.29, 1.82) is 0 Å². The Morgan fingerprint density at radius 1 is 1.24 bits per heavy atom. The van der Waals surface area contributed by atoms with Gasteiger partial charge in [0.1, 0.15) is 5.82 Å².